The zero-order valence-electron chi connectivity index (χ0n) is 5.19. The molecule has 0 heterocycles. The minimum atomic E-state index is -1.17. The van der Waals surface area contributed by atoms with Crippen LogP contribution in [0, 0.1) is 0 Å². The van der Waals surface area contributed by atoms with Gasteiger partial charge in [0.15, 0.2) is 0 Å². The molecular formula is C6H11FO. The van der Waals surface area contributed by atoms with Crippen LogP contribution in [0.2, 0.25) is 0 Å². The Morgan fingerprint density at radius 2 is 2.38 bits per heavy atom. The van der Waals surface area contributed by atoms with Crippen molar-refractivity contribution in [3.63, 3.8) is 0 Å². The first-order valence-electron chi connectivity index (χ1n) is 2.60. The van der Waals surface area contributed by atoms with E-state index in [0.29, 0.717) is 5.57 Å². The van der Waals surface area contributed by atoms with E-state index in [4.69, 9.17) is 5.11 Å². The Morgan fingerprint density at radius 1 is 1.88 bits per heavy atom. The molecule has 0 bridgehead atoms. The highest BCUT2D eigenvalue weighted by molar-refractivity contribution is 5.02. The van der Waals surface area contributed by atoms with Crippen LogP contribution < -0.4 is 0 Å². The number of alkyl halides is 1. The first-order valence-corrected chi connectivity index (χ1v) is 2.60. The first-order chi connectivity index (χ1) is 3.72. The van der Waals surface area contributed by atoms with Crippen molar-refractivity contribution < 1.29 is 9.50 Å². The van der Waals surface area contributed by atoms with Gasteiger partial charge in [-0.05, 0) is 19.4 Å². The molecule has 0 saturated heterocycles. The number of rotatable bonds is 2. The van der Waals surface area contributed by atoms with Gasteiger partial charge in [-0.2, -0.15) is 0 Å². The molecule has 8 heavy (non-hydrogen) atoms. The van der Waals surface area contributed by atoms with E-state index < -0.39 is 12.8 Å². The monoisotopic (exact) mass is 118 g/mol. The van der Waals surface area contributed by atoms with Gasteiger partial charge in [-0.25, -0.2) is 4.39 Å². The fraction of sp³-hybridized carbons (Fsp3) is 0.667. The molecule has 0 amide bonds. The zero-order chi connectivity index (χ0) is 6.57. The summed E-state index contributed by atoms with van der Waals surface area (Å²) in [7, 11) is 0. The second-order valence-corrected chi connectivity index (χ2v) is 1.68. The molecule has 1 N–H and O–H groups in total. The van der Waals surface area contributed by atoms with Gasteiger partial charge in [-0.15, -0.1) is 0 Å². The van der Waals surface area contributed by atoms with E-state index in [9.17, 15) is 4.39 Å². The highest BCUT2D eigenvalue weighted by atomic mass is 19.1. The summed E-state index contributed by atoms with van der Waals surface area (Å²) in [5, 5.41) is 8.22. The van der Waals surface area contributed by atoms with Crippen LogP contribution >= 0.6 is 0 Å². The third kappa shape index (κ3) is 2.07. The van der Waals surface area contributed by atoms with E-state index in [1.165, 1.54) is 0 Å². The highest BCUT2D eigenvalue weighted by Crippen LogP contribution is 2.02. The summed E-state index contributed by atoms with van der Waals surface area (Å²) in [6, 6.07) is 0. The summed E-state index contributed by atoms with van der Waals surface area (Å²) in [4.78, 5) is 0. The predicted molar refractivity (Wildman–Crippen MR) is 31.4 cm³/mol. The van der Waals surface area contributed by atoms with Crippen LogP contribution in [0.25, 0.3) is 0 Å². The van der Waals surface area contributed by atoms with Gasteiger partial charge >= 0.3 is 0 Å². The number of halogens is 1. The lowest BCUT2D eigenvalue weighted by molar-refractivity contribution is 0.202. The molecule has 48 valence electrons. The fourth-order valence-electron chi connectivity index (χ4n) is 0.325. The standard InChI is InChI=1S/C6H11FO/c1-3-5(2)6(7)4-8/h3,6,8H,4H2,1-2H3/b5-3+. The molecule has 0 radical (unpaired) electrons. The smallest absolute Gasteiger partial charge is 0.144 e. The third-order valence-corrected chi connectivity index (χ3v) is 1.11. The van der Waals surface area contributed by atoms with Gasteiger partial charge in [0.1, 0.15) is 6.17 Å². The van der Waals surface area contributed by atoms with E-state index in [1.807, 2.05) is 0 Å². The SMILES string of the molecule is C/C=C(\C)C(F)CO. The third-order valence-electron chi connectivity index (χ3n) is 1.11. The number of hydrogen-bond donors (Lipinski definition) is 1. The molecule has 0 aliphatic heterocycles. The van der Waals surface area contributed by atoms with Gasteiger partial charge in [0, 0.05) is 0 Å². The molecule has 0 aromatic rings. The number of hydrogen-bond acceptors (Lipinski definition) is 1. The van der Waals surface area contributed by atoms with Crippen molar-refractivity contribution in [1.82, 2.24) is 0 Å². The molecule has 0 rings (SSSR count). The van der Waals surface area contributed by atoms with Crippen LogP contribution in [0.3, 0.4) is 0 Å². The second kappa shape index (κ2) is 3.61. The Kier molecular flexibility index (Phi) is 3.44. The van der Waals surface area contributed by atoms with Crippen LogP contribution in [0.4, 0.5) is 4.39 Å². The molecule has 0 aromatic heterocycles. The highest BCUT2D eigenvalue weighted by Gasteiger charge is 2.03. The van der Waals surface area contributed by atoms with Crippen LogP contribution in [0.15, 0.2) is 11.6 Å². The van der Waals surface area contributed by atoms with E-state index >= 15 is 0 Å². The van der Waals surface area contributed by atoms with Crippen molar-refractivity contribution in [2.75, 3.05) is 6.61 Å². The van der Waals surface area contributed by atoms with Crippen LogP contribution in [0.1, 0.15) is 13.8 Å². The van der Waals surface area contributed by atoms with Gasteiger partial charge < -0.3 is 5.11 Å². The van der Waals surface area contributed by atoms with Gasteiger partial charge in [-0.3, -0.25) is 0 Å². The van der Waals surface area contributed by atoms with Crippen molar-refractivity contribution in [2.45, 2.75) is 20.0 Å². The Balaban J connectivity index is 3.63. The normalized spacial score (nSPS) is 16.2. The average molecular weight is 118 g/mol. The van der Waals surface area contributed by atoms with E-state index in [1.54, 1.807) is 19.9 Å². The molecule has 0 aliphatic rings. The molecule has 0 saturated carbocycles. The van der Waals surface area contributed by atoms with Crippen LogP contribution in [-0.2, 0) is 0 Å². The summed E-state index contributed by atoms with van der Waals surface area (Å²) < 4.78 is 12.2. The maximum Gasteiger partial charge on any atom is 0.144 e. The topological polar surface area (TPSA) is 20.2 Å². The van der Waals surface area contributed by atoms with E-state index in [2.05, 4.69) is 0 Å². The van der Waals surface area contributed by atoms with Crippen molar-refractivity contribution >= 4 is 0 Å². The van der Waals surface area contributed by atoms with Crippen molar-refractivity contribution in [2.24, 2.45) is 0 Å². The van der Waals surface area contributed by atoms with Crippen LogP contribution in [-0.4, -0.2) is 17.9 Å². The van der Waals surface area contributed by atoms with Gasteiger partial charge in [0.2, 0.25) is 0 Å². The molecule has 0 spiro atoms. The minimum Gasteiger partial charge on any atom is -0.393 e. The summed E-state index contributed by atoms with van der Waals surface area (Å²) >= 11 is 0. The zero-order valence-corrected chi connectivity index (χ0v) is 5.19. The Bertz CT molecular complexity index is 88.5. The molecule has 1 unspecified atom stereocenters. The fourth-order valence-corrected chi connectivity index (χ4v) is 0.325. The Morgan fingerprint density at radius 3 is 2.50 bits per heavy atom. The molecule has 2 heteroatoms. The lowest BCUT2D eigenvalue weighted by Gasteiger charge is -2.01. The molecule has 1 nitrogen and oxygen atoms in total. The molecule has 0 aliphatic carbocycles. The minimum absolute atomic E-state index is 0.407. The summed E-state index contributed by atoms with van der Waals surface area (Å²) in [6.07, 6.45) is 0.487. The van der Waals surface area contributed by atoms with Gasteiger partial charge in [0.05, 0.1) is 6.61 Å². The molecule has 1 atom stereocenters. The molecule has 0 aromatic carbocycles. The number of aliphatic hydroxyl groups is 1. The van der Waals surface area contributed by atoms with Crippen LogP contribution in [0.5, 0.6) is 0 Å². The summed E-state index contributed by atoms with van der Waals surface area (Å²) in [5.74, 6) is 0. The van der Waals surface area contributed by atoms with Gasteiger partial charge in [0.25, 0.3) is 0 Å². The lowest BCUT2D eigenvalue weighted by Crippen LogP contribution is -2.06. The molecular weight excluding hydrogens is 107 g/mol. The van der Waals surface area contributed by atoms with Crippen molar-refractivity contribution in [3.8, 4) is 0 Å². The van der Waals surface area contributed by atoms with Crippen molar-refractivity contribution in [3.05, 3.63) is 11.6 Å². The summed E-state index contributed by atoms with van der Waals surface area (Å²) in [5.41, 5.74) is 0.590. The quantitative estimate of drug-likeness (QED) is 0.541. The first kappa shape index (κ1) is 7.63. The lowest BCUT2D eigenvalue weighted by atomic mass is 10.2. The Labute approximate surface area is 48.8 Å². The summed E-state index contributed by atoms with van der Waals surface area (Å²) in [6.45, 7) is 2.99. The van der Waals surface area contributed by atoms with E-state index in [-0.39, 0.29) is 0 Å². The largest absolute Gasteiger partial charge is 0.393 e. The average Bonchev–Trinajstić information content (AvgIpc) is 1.84. The number of allylic oxidation sites excluding steroid dienone is 1. The van der Waals surface area contributed by atoms with E-state index in [0.717, 1.165) is 0 Å². The van der Waals surface area contributed by atoms with Crippen molar-refractivity contribution in [1.29, 1.82) is 0 Å². The molecule has 0 fully saturated rings. The predicted octanol–water partition coefficient (Wildman–Crippen LogP) is 1.28. The van der Waals surface area contributed by atoms with Gasteiger partial charge in [-0.1, -0.05) is 6.08 Å². The maximum atomic E-state index is 12.2. The Hall–Kier alpha value is -0.370. The maximum absolute atomic E-state index is 12.2. The second-order valence-electron chi connectivity index (χ2n) is 1.68. The number of aliphatic hydroxyl groups excluding tert-OH is 1.